The molecule has 3 amide bonds. The van der Waals surface area contributed by atoms with Crippen molar-refractivity contribution in [3.63, 3.8) is 0 Å². The van der Waals surface area contributed by atoms with Gasteiger partial charge in [-0.2, -0.15) is 26.3 Å². The first kappa shape index (κ1) is 29.7. The van der Waals surface area contributed by atoms with E-state index in [9.17, 15) is 54.3 Å². The van der Waals surface area contributed by atoms with Crippen molar-refractivity contribution in [2.75, 3.05) is 4.90 Å². The molecule has 10 nitrogen and oxygen atoms in total. The van der Waals surface area contributed by atoms with Gasteiger partial charge in [-0.15, -0.1) is 5.06 Å². The van der Waals surface area contributed by atoms with Gasteiger partial charge in [0.05, 0.1) is 22.2 Å². The minimum Gasteiger partial charge on any atom is -0.393 e. The van der Waals surface area contributed by atoms with Crippen LogP contribution in [-0.2, 0) is 24.3 Å². The highest BCUT2D eigenvalue weighted by Gasteiger charge is 2.56. The maximum absolute atomic E-state index is 13.6. The van der Waals surface area contributed by atoms with Crippen molar-refractivity contribution in [2.45, 2.75) is 41.6 Å². The normalized spacial score (nSPS) is 18.1. The molecule has 2 heterocycles. The quantitative estimate of drug-likeness (QED) is 0.331. The van der Waals surface area contributed by atoms with E-state index >= 15 is 0 Å². The fourth-order valence-electron chi connectivity index (χ4n) is 4.33. The second kappa shape index (κ2) is 10.3. The number of sulfone groups is 1. The second-order valence-corrected chi connectivity index (χ2v) is 10.7. The lowest BCUT2D eigenvalue weighted by atomic mass is 9.85. The smallest absolute Gasteiger partial charge is 0.393 e. The molecule has 0 spiro atoms. The highest BCUT2D eigenvalue weighted by atomic mass is 32.2. The number of rotatable bonds is 6. The summed E-state index contributed by atoms with van der Waals surface area (Å²) in [5.41, 5.74) is -5.73. The Morgan fingerprint density at radius 2 is 1.61 bits per heavy atom. The maximum Gasteiger partial charge on any atom is 0.501 e. The number of aliphatic hydroxyl groups is 1. The Labute approximate surface area is 226 Å². The number of imide groups is 1. The highest BCUT2D eigenvalue weighted by molar-refractivity contribution is 7.92. The lowest BCUT2D eigenvalue weighted by molar-refractivity contribution is -0.232. The van der Waals surface area contributed by atoms with Crippen molar-refractivity contribution in [3.05, 3.63) is 66.4 Å². The number of pyridine rings is 1. The molecule has 0 radical (unpaired) electrons. The summed E-state index contributed by atoms with van der Waals surface area (Å²) in [6.07, 6.45) is -5.90. The molecule has 1 aliphatic rings. The van der Waals surface area contributed by atoms with Crippen LogP contribution in [0.25, 0.3) is 10.9 Å². The number of hydrogen-bond donors (Lipinski definition) is 1. The van der Waals surface area contributed by atoms with Gasteiger partial charge in [-0.25, -0.2) is 22.9 Å². The first-order chi connectivity index (χ1) is 19.0. The second-order valence-electron chi connectivity index (χ2n) is 8.73. The van der Waals surface area contributed by atoms with E-state index in [1.807, 2.05) is 0 Å². The number of para-hydroxylation sites is 1. The van der Waals surface area contributed by atoms with Gasteiger partial charge in [0.25, 0.3) is 15.7 Å². The standard InChI is InChI=1S/C24H17F6N3O7S/c1-12(34)18(16-10-11-31-17-5-3-2-4-15(16)17)19-20(35)32(22(37)33(19)40-21(36)23(25,26)27)13-6-8-14(9-7-13)41(38,39)24(28,29)30/h2-12,18-19,34H,1H3/t12-,18-,19-/m1/s1. The van der Waals surface area contributed by atoms with Crippen LogP contribution in [0.1, 0.15) is 18.4 Å². The van der Waals surface area contributed by atoms with Crippen LogP contribution in [0.15, 0.2) is 65.7 Å². The zero-order valence-electron chi connectivity index (χ0n) is 20.4. The van der Waals surface area contributed by atoms with E-state index in [1.54, 1.807) is 18.2 Å². The Morgan fingerprint density at radius 3 is 2.17 bits per heavy atom. The zero-order valence-corrected chi connectivity index (χ0v) is 21.2. The molecular weight excluding hydrogens is 588 g/mol. The van der Waals surface area contributed by atoms with Gasteiger partial charge in [0.2, 0.25) is 0 Å². The Balaban J connectivity index is 1.84. The molecule has 0 aliphatic carbocycles. The van der Waals surface area contributed by atoms with Crippen LogP contribution >= 0.6 is 0 Å². The zero-order chi connectivity index (χ0) is 30.5. The number of aromatic nitrogens is 1. The van der Waals surface area contributed by atoms with E-state index in [0.717, 1.165) is 0 Å². The van der Waals surface area contributed by atoms with E-state index in [-0.39, 0.29) is 15.5 Å². The van der Waals surface area contributed by atoms with Gasteiger partial charge in [0, 0.05) is 17.5 Å². The molecule has 218 valence electrons. The summed E-state index contributed by atoms with van der Waals surface area (Å²) in [7, 11) is -5.81. The molecule has 1 N–H and O–H groups in total. The van der Waals surface area contributed by atoms with E-state index in [4.69, 9.17) is 0 Å². The average molecular weight is 605 g/mol. The molecule has 1 fully saturated rings. The van der Waals surface area contributed by atoms with Crippen LogP contribution in [0.4, 0.5) is 36.8 Å². The molecule has 17 heteroatoms. The lowest BCUT2D eigenvalue weighted by Gasteiger charge is -2.30. The number of aliphatic hydroxyl groups excluding tert-OH is 1. The van der Waals surface area contributed by atoms with Crippen molar-refractivity contribution >= 4 is 44.3 Å². The number of carbonyl (C=O) groups is 3. The largest absolute Gasteiger partial charge is 0.501 e. The summed E-state index contributed by atoms with van der Waals surface area (Å²) in [6, 6.07) is 5.98. The molecule has 0 saturated carbocycles. The highest BCUT2D eigenvalue weighted by Crippen LogP contribution is 2.39. The minimum atomic E-state index is -5.81. The number of hydroxylamine groups is 2. The molecule has 41 heavy (non-hydrogen) atoms. The van der Waals surface area contributed by atoms with E-state index in [0.29, 0.717) is 35.2 Å². The van der Waals surface area contributed by atoms with Gasteiger partial charge in [-0.3, -0.25) is 9.78 Å². The molecule has 1 aromatic heterocycles. The predicted octanol–water partition coefficient (Wildman–Crippen LogP) is 3.85. The van der Waals surface area contributed by atoms with Crippen LogP contribution in [0.5, 0.6) is 0 Å². The third-order valence-electron chi connectivity index (χ3n) is 6.13. The number of hydrogen-bond acceptors (Lipinski definition) is 8. The molecule has 3 aromatic rings. The first-order valence-electron chi connectivity index (χ1n) is 11.4. The topological polar surface area (TPSA) is 134 Å². The van der Waals surface area contributed by atoms with Gasteiger partial charge in [0.1, 0.15) is 0 Å². The number of alkyl halides is 6. The Bertz CT molecular complexity index is 1620. The summed E-state index contributed by atoms with van der Waals surface area (Å²) in [6.45, 7) is 1.17. The van der Waals surface area contributed by atoms with Gasteiger partial charge >= 0.3 is 23.7 Å². The molecular formula is C24H17F6N3O7S. The van der Waals surface area contributed by atoms with Crippen LogP contribution in [0.3, 0.4) is 0 Å². The fourth-order valence-corrected chi connectivity index (χ4v) is 5.09. The van der Waals surface area contributed by atoms with Gasteiger partial charge in [0.15, 0.2) is 6.04 Å². The van der Waals surface area contributed by atoms with Crippen molar-refractivity contribution in [1.29, 1.82) is 0 Å². The summed E-state index contributed by atoms with van der Waals surface area (Å²) in [5, 5.41) is 10.9. The third kappa shape index (κ3) is 5.29. The number of urea groups is 1. The third-order valence-corrected chi connectivity index (χ3v) is 7.63. The molecule has 1 aliphatic heterocycles. The van der Waals surface area contributed by atoms with Gasteiger partial charge in [-0.1, -0.05) is 18.2 Å². The van der Waals surface area contributed by atoms with E-state index in [1.165, 1.54) is 25.3 Å². The summed E-state index contributed by atoms with van der Waals surface area (Å²) in [4.78, 5) is 46.0. The molecule has 2 aromatic carbocycles. The number of carbonyl (C=O) groups excluding carboxylic acids is 3. The lowest BCUT2D eigenvalue weighted by Crippen LogP contribution is -2.46. The number of amides is 3. The number of nitrogens with zero attached hydrogens (tertiary/aromatic N) is 3. The van der Waals surface area contributed by atoms with Crippen LogP contribution < -0.4 is 4.90 Å². The molecule has 4 rings (SSSR count). The Morgan fingerprint density at radius 1 is 1.00 bits per heavy atom. The first-order valence-corrected chi connectivity index (χ1v) is 12.8. The van der Waals surface area contributed by atoms with Crippen molar-refractivity contribution in [2.24, 2.45) is 0 Å². The van der Waals surface area contributed by atoms with E-state index in [2.05, 4.69) is 9.82 Å². The summed E-state index contributed by atoms with van der Waals surface area (Å²) < 4.78 is 101. The van der Waals surface area contributed by atoms with Crippen molar-refractivity contribution in [1.82, 2.24) is 10.0 Å². The monoisotopic (exact) mass is 605 g/mol. The molecule has 0 bridgehead atoms. The number of anilines is 1. The van der Waals surface area contributed by atoms with Crippen LogP contribution in [0.2, 0.25) is 0 Å². The van der Waals surface area contributed by atoms with Gasteiger partial charge < -0.3 is 9.94 Å². The minimum absolute atomic E-state index is 0.137. The van der Waals surface area contributed by atoms with Gasteiger partial charge in [-0.05, 0) is 48.9 Å². The van der Waals surface area contributed by atoms with E-state index < -0.39 is 68.1 Å². The fraction of sp³-hybridized carbons (Fsp3) is 0.250. The Hall–Kier alpha value is -4.25. The molecule has 3 atom stereocenters. The van der Waals surface area contributed by atoms with Crippen LogP contribution in [0, 0.1) is 0 Å². The van der Waals surface area contributed by atoms with Crippen molar-refractivity contribution < 1.29 is 59.1 Å². The SMILES string of the molecule is C[C@@H](O)[C@H](c1ccnc2ccccc12)[C@@H]1C(=O)N(c2ccc(S(=O)(=O)C(F)(F)F)cc2)C(=O)N1OC(=O)C(F)(F)F. The summed E-state index contributed by atoms with van der Waals surface area (Å²) in [5.74, 6) is -5.72. The average Bonchev–Trinajstić information content (AvgIpc) is 3.12. The summed E-state index contributed by atoms with van der Waals surface area (Å²) >= 11 is 0. The molecule has 0 unspecified atom stereocenters. The molecule has 1 saturated heterocycles. The number of fused-ring (bicyclic) bond motifs is 1. The number of benzene rings is 2. The van der Waals surface area contributed by atoms with Crippen LogP contribution in [-0.4, -0.2) is 65.3 Å². The van der Waals surface area contributed by atoms with Crippen molar-refractivity contribution in [3.8, 4) is 0 Å². The predicted molar refractivity (Wildman–Crippen MR) is 127 cm³/mol. The Kier molecular flexibility index (Phi) is 7.47. The maximum atomic E-state index is 13.6. The number of halogens is 6.